The molecule has 0 aliphatic rings. The molecule has 0 bridgehead atoms. The molecule has 0 saturated heterocycles. The Bertz CT molecular complexity index is 963. The number of guanidine groups is 1. The molecule has 0 aliphatic heterocycles. The van der Waals surface area contributed by atoms with Gasteiger partial charge in [0, 0.05) is 38.7 Å². The van der Waals surface area contributed by atoms with E-state index in [0.717, 1.165) is 16.9 Å². The summed E-state index contributed by atoms with van der Waals surface area (Å²) >= 11 is 0. The van der Waals surface area contributed by atoms with Gasteiger partial charge in [-0.15, -0.1) is 0 Å². The van der Waals surface area contributed by atoms with Crippen molar-refractivity contribution in [2.24, 2.45) is 4.99 Å². The average molecular weight is 410 g/mol. The molecule has 0 aliphatic carbocycles. The van der Waals surface area contributed by atoms with Gasteiger partial charge in [0.05, 0.1) is 21.3 Å². The van der Waals surface area contributed by atoms with E-state index in [0.29, 0.717) is 36.3 Å². The zero-order valence-corrected chi connectivity index (χ0v) is 17.5. The minimum atomic E-state index is 0.533. The summed E-state index contributed by atoms with van der Waals surface area (Å²) in [7, 11) is 6.51. The lowest BCUT2D eigenvalue weighted by Crippen LogP contribution is -2.36. The van der Waals surface area contributed by atoms with E-state index in [1.54, 1.807) is 45.5 Å². The monoisotopic (exact) mass is 410 g/mol. The second-order valence-corrected chi connectivity index (χ2v) is 6.29. The van der Waals surface area contributed by atoms with Crippen LogP contribution in [0.3, 0.4) is 0 Å². The summed E-state index contributed by atoms with van der Waals surface area (Å²) < 4.78 is 17.9. The van der Waals surface area contributed by atoms with Crippen LogP contribution >= 0.6 is 0 Å². The fraction of sp³-hybridized carbons (Fsp3) is 0.286. The van der Waals surface area contributed by atoms with E-state index < -0.39 is 0 Å². The summed E-state index contributed by atoms with van der Waals surface area (Å²) in [5, 5.41) is 10.8. The molecule has 0 unspecified atom stereocenters. The van der Waals surface area contributed by atoms with Gasteiger partial charge in [0.15, 0.2) is 23.3 Å². The number of pyridine rings is 1. The third kappa shape index (κ3) is 4.99. The van der Waals surface area contributed by atoms with E-state index in [1.807, 2.05) is 36.5 Å². The van der Waals surface area contributed by atoms with E-state index in [-0.39, 0.29) is 0 Å². The van der Waals surface area contributed by atoms with Crippen molar-refractivity contribution >= 4 is 5.96 Å². The summed E-state index contributed by atoms with van der Waals surface area (Å²) in [6, 6.07) is 9.60. The van der Waals surface area contributed by atoms with Crippen molar-refractivity contribution in [2.45, 2.75) is 13.1 Å². The van der Waals surface area contributed by atoms with Gasteiger partial charge >= 0.3 is 0 Å². The Balaban J connectivity index is 1.63. The van der Waals surface area contributed by atoms with Gasteiger partial charge in [0.2, 0.25) is 5.75 Å². The van der Waals surface area contributed by atoms with E-state index in [1.165, 1.54) is 0 Å². The summed E-state index contributed by atoms with van der Waals surface area (Å²) in [6.07, 6.45) is 5.35. The molecule has 2 N–H and O–H groups in total. The zero-order chi connectivity index (χ0) is 21.3. The summed E-state index contributed by atoms with van der Waals surface area (Å²) in [6.45, 7) is 1.12. The number of methoxy groups -OCH3 is 3. The van der Waals surface area contributed by atoms with E-state index in [4.69, 9.17) is 14.2 Å². The smallest absolute Gasteiger partial charge is 0.203 e. The first kappa shape index (κ1) is 21.0. The molecule has 0 radical (unpaired) electrons. The van der Waals surface area contributed by atoms with Crippen LogP contribution in [0.2, 0.25) is 0 Å². The maximum atomic E-state index is 5.41. The minimum absolute atomic E-state index is 0.533. The van der Waals surface area contributed by atoms with Crippen LogP contribution in [0.5, 0.6) is 17.2 Å². The first-order chi connectivity index (χ1) is 14.7. The van der Waals surface area contributed by atoms with Crippen LogP contribution in [0, 0.1) is 0 Å². The van der Waals surface area contributed by atoms with Crippen LogP contribution in [0.4, 0.5) is 0 Å². The lowest BCUT2D eigenvalue weighted by molar-refractivity contribution is 0.323. The number of ether oxygens (including phenoxy) is 3. The number of hydrogen-bond donors (Lipinski definition) is 2. The van der Waals surface area contributed by atoms with Gasteiger partial charge in [0.1, 0.15) is 0 Å². The third-order valence-electron chi connectivity index (χ3n) is 4.42. The Morgan fingerprint density at radius 2 is 1.67 bits per heavy atom. The highest BCUT2D eigenvalue weighted by Gasteiger charge is 2.13. The molecule has 3 rings (SSSR count). The van der Waals surface area contributed by atoms with E-state index >= 15 is 0 Å². The van der Waals surface area contributed by atoms with Crippen LogP contribution in [0.1, 0.15) is 11.1 Å². The normalized spacial score (nSPS) is 11.1. The fourth-order valence-corrected chi connectivity index (χ4v) is 2.93. The lowest BCUT2D eigenvalue weighted by atomic mass is 10.2. The van der Waals surface area contributed by atoms with Crippen LogP contribution in [-0.4, -0.2) is 49.1 Å². The van der Waals surface area contributed by atoms with Crippen molar-refractivity contribution in [3.63, 3.8) is 0 Å². The highest BCUT2D eigenvalue weighted by Crippen LogP contribution is 2.38. The van der Waals surface area contributed by atoms with Crippen molar-refractivity contribution in [3.05, 3.63) is 60.0 Å². The van der Waals surface area contributed by atoms with Crippen LogP contribution in [-0.2, 0) is 13.1 Å². The number of aliphatic imine (C=N–C) groups is 1. The predicted octanol–water partition coefficient (Wildman–Crippen LogP) is 2.16. The Labute approximate surface area is 175 Å². The third-order valence-corrected chi connectivity index (χ3v) is 4.42. The van der Waals surface area contributed by atoms with Gasteiger partial charge in [-0.05, 0) is 41.5 Å². The molecule has 30 heavy (non-hydrogen) atoms. The SMILES string of the molecule is CN=C(NCc1ccnc(-n2cccn2)c1)NCc1cc(OC)c(OC)c(OC)c1. The Kier molecular flexibility index (Phi) is 7.09. The maximum Gasteiger partial charge on any atom is 0.203 e. The van der Waals surface area contributed by atoms with E-state index in [9.17, 15) is 0 Å². The molecule has 0 fully saturated rings. The zero-order valence-electron chi connectivity index (χ0n) is 17.5. The summed E-state index contributed by atoms with van der Waals surface area (Å²) in [5.74, 6) is 3.22. The number of nitrogens with zero attached hydrogens (tertiary/aromatic N) is 4. The minimum Gasteiger partial charge on any atom is -0.493 e. The van der Waals surface area contributed by atoms with Crippen molar-refractivity contribution in [1.82, 2.24) is 25.4 Å². The quantitative estimate of drug-likeness (QED) is 0.434. The molecule has 9 nitrogen and oxygen atoms in total. The summed E-state index contributed by atoms with van der Waals surface area (Å²) in [4.78, 5) is 8.63. The molecular weight excluding hydrogens is 384 g/mol. The maximum absolute atomic E-state index is 5.41. The molecule has 3 aromatic rings. The first-order valence-electron chi connectivity index (χ1n) is 9.36. The van der Waals surface area contributed by atoms with Crippen LogP contribution < -0.4 is 24.8 Å². The van der Waals surface area contributed by atoms with E-state index in [2.05, 4.69) is 25.7 Å². The molecule has 0 amide bonds. The van der Waals surface area contributed by atoms with Gasteiger partial charge in [0.25, 0.3) is 0 Å². The predicted molar refractivity (Wildman–Crippen MR) is 114 cm³/mol. The van der Waals surface area contributed by atoms with Crippen molar-refractivity contribution in [1.29, 1.82) is 0 Å². The van der Waals surface area contributed by atoms with Gasteiger partial charge in [-0.25, -0.2) is 9.67 Å². The van der Waals surface area contributed by atoms with Crippen LogP contribution in [0.25, 0.3) is 5.82 Å². The number of benzene rings is 1. The highest BCUT2D eigenvalue weighted by molar-refractivity contribution is 5.79. The van der Waals surface area contributed by atoms with Crippen molar-refractivity contribution in [2.75, 3.05) is 28.4 Å². The van der Waals surface area contributed by atoms with Gasteiger partial charge in [-0.1, -0.05) is 0 Å². The standard InChI is InChI=1S/C21H26N6O3/c1-22-21(24-13-15-6-8-23-19(12-15)27-9-5-7-26-27)25-14-16-10-17(28-2)20(30-4)18(11-16)29-3/h5-12H,13-14H2,1-4H3,(H2,22,24,25). The number of nitrogens with one attached hydrogen (secondary N) is 2. The molecule has 1 aromatic carbocycles. The summed E-state index contributed by atoms with van der Waals surface area (Å²) in [5.41, 5.74) is 2.03. The first-order valence-corrected chi connectivity index (χ1v) is 9.36. The van der Waals surface area contributed by atoms with Crippen molar-refractivity contribution < 1.29 is 14.2 Å². The van der Waals surface area contributed by atoms with Gasteiger partial charge in [-0.3, -0.25) is 4.99 Å². The molecule has 0 atom stereocenters. The molecule has 0 spiro atoms. The second kappa shape index (κ2) is 10.1. The van der Waals surface area contributed by atoms with Gasteiger partial charge in [-0.2, -0.15) is 5.10 Å². The second-order valence-electron chi connectivity index (χ2n) is 6.29. The Morgan fingerprint density at radius 1 is 0.967 bits per heavy atom. The average Bonchev–Trinajstić information content (AvgIpc) is 3.33. The largest absolute Gasteiger partial charge is 0.493 e. The van der Waals surface area contributed by atoms with Gasteiger partial charge < -0.3 is 24.8 Å². The molecule has 9 heteroatoms. The Morgan fingerprint density at radius 3 is 2.23 bits per heavy atom. The topological polar surface area (TPSA) is 94.8 Å². The highest BCUT2D eigenvalue weighted by atomic mass is 16.5. The molecule has 2 aromatic heterocycles. The lowest BCUT2D eigenvalue weighted by Gasteiger charge is -2.16. The number of aromatic nitrogens is 3. The number of rotatable bonds is 8. The fourth-order valence-electron chi connectivity index (χ4n) is 2.93. The molecule has 158 valence electrons. The number of hydrogen-bond acceptors (Lipinski definition) is 6. The van der Waals surface area contributed by atoms with Crippen molar-refractivity contribution in [3.8, 4) is 23.1 Å². The molecular formula is C21H26N6O3. The Hall–Kier alpha value is -3.75. The molecule has 2 heterocycles. The molecule has 0 saturated carbocycles. The van der Waals surface area contributed by atoms with Crippen LogP contribution in [0.15, 0.2) is 53.9 Å².